The van der Waals surface area contributed by atoms with E-state index in [0.717, 1.165) is 6.92 Å². The van der Waals surface area contributed by atoms with Crippen LogP contribution in [0.25, 0.3) is 0 Å². The van der Waals surface area contributed by atoms with E-state index in [0.29, 0.717) is 0 Å². The maximum absolute atomic E-state index is 15.3. The van der Waals surface area contributed by atoms with Gasteiger partial charge in [-0.2, -0.15) is 0 Å². The standard InChI is InChI=1S/C86H140N36O23/c1-40(124)113-45(18-8-30-107-80(92)93)70(134)119-49(21-11-33-110-83(98)99)74(138)118-47(73(137)121-50(22-12-34-111-84(100)101)76(140)122-51(23-13-35-112-85(102)103)75(139)120-48(20-10-32-109-82(96)97)72(136)116-43(68(87)132)16-6-28-105-78(88)89)15-3-4-27-104-69(133)44(17-7-29-106-79(90)91)117-71(135)46(19-9-31-108-81(94)95)114-56(126)25-26-57(127)115-52-36-58(144-77-67(52)145-77)143-54-38-86(141,55(125)39-123)37-42-60(54)66(131)62-61(64(42)129)63(128)41-14-5-24-53(142-2)59(41)65(62)130/h5,14,24,43-52,54,58,67,77,123,129,131,141H,3-4,6-13,15-23,25-39H2,1-2H3,(H2,87,132)(H,104,133)(H,113,124)(H,114,126)(H,115,127)(H,116,136)(H,117,135)(H,118,138)(H,119,134)(H,120,139)(H,121,137)(H,122,140)(H4,88,89,105)(H4,90,91,106)(H4,92,93,107)(H4,94,95,108)(H4,96,97,109)(H4,98,99,110)(H4,100,101,111)(H4,102,103,112)/t43-,44-,45?,46-,47?,48-,49?,50-,51-,52?,54-,58?,67?,77?,86+/m0/s1. The maximum atomic E-state index is 15.3. The Morgan fingerprint density at radius 3 is 1.12 bits per heavy atom. The zero-order chi connectivity index (χ0) is 107. The van der Waals surface area contributed by atoms with Crippen molar-refractivity contribution in [3.8, 4) is 17.2 Å². The fourth-order valence-electron chi connectivity index (χ4n) is 16.3. The van der Waals surface area contributed by atoms with E-state index >= 15 is 14.4 Å². The zero-order valence-electron chi connectivity index (χ0n) is 80.6. The van der Waals surface area contributed by atoms with Crippen molar-refractivity contribution in [1.82, 2.24) is 101 Å². The molecular formula is C86H140N36O23. The molecule has 145 heavy (non-hydrogen) atoms. The Balaban J connectivity index is 1.25. The van der Waals surface area contributed by atoms with Crippen LogP contribution in [0.3, 0.4) is 0 Å². The first-order valence-electron chi connectivity index (χ1n) is 47.1. The van der Waals surface area contributed by atoms with Crippen LogP contribution in [0.1, 0.15) is 204 Å². The van der Waals surface area contributed by atoms with E-state index in [2.05, 4.69) is 101 Å². The van der Waals surface area contributed by atoms with E-state index in [1.54, 1.807) is 0 Å². The average Bonchev–Trinajstić information content (AvgIpc) is 0.994. The van der Waals surface area contributed by atoms with Gasteiger partial charge in [0.25, 0.3) is 0 Å². The van der Waals surface area contributed by atoms with Crippen molar-refractivity contribution < 1.29 is 111 Å². The second-order valence-electron chi connectivity index (χ2n) is 34.8. The second kappa shape index (κ2) is 58.8. The largest absolute Gasteiger partial charge is 0.507 e. The number of aliphatic hydroxyl groups excluding tert-OH is 1. The van der Waals surface area contributed by atoms with Crippen molar-refractivity contribution in [2.75, 3.05) is 72.6 Å². The number of guanidine groups is 8. The van der Waals surface area contributed by atoms with Crippen molar-refractivity contribution in [3.63, 3.8) is 0 Å². The number of hydrogen-bond donors (Lipinski definition) is 40. The van der Waals surface area contributed by atoms with Gasteiger partial charge in [0.2, 0.25) is 76.7 Å². The summed E-state index contributed by atoms with van der Waals surface area (Å²) < 4.78 is 23.4. The van der Waals surface area contributed by atoms with Crippen molar-refractivity contribution in [2.24, 2.45) is 51.6 Å². The fourth-order valence-corrected chi connectivity index (χ4v) is 16.3. The third kappa shape index (κ3) is 39.0. The summed E-state index contributed by atoms with van der Waals surface area (Å²) in [5.41, 5.74) is 45.1. The molecule has 6 rings (SSSR count). The maximum Gasteiger partial charge on any atom is 0.243 e. The number of aromatic hydroxyl groups is 2. The van der Waals surface area contributed by atoms with Crippen molar-refractivity contribution >= 4 is 136 Å². The summed E-state index contributed by atoms with van der Waals surface area (Å²) in [7, 11) is 1.25. The van der Waals surface area contributed by atoms with Gasteiger partial charge in [-0.25, -0.2) is 0 Å². The quantitative estimate of drug-likeness (QED) is 0.00820. The SMILES string of the molecule is COc1cccc2c1C(=O)c1c(O)c3c(c(O)c1C2=O)C[C@](O)(C(=O)CO)C[C@@H]3OC1CC(NC(=O)CCC(=O)N[C@@H](CCCNC(=N)N)C(=O)N[C@@H](CCCNC(=N)N)C(=O)NCCCCC(NC(=O)C(CCCNC(=N)N)NC(=O)C(CCCNC(=N)N)NC(C)=O)C(=O)N[C@@H](CCCNC(=N)N)C(=O)N[C@@H](CCCNC(=N)N)C(=O)N[C@@H](CCCNC(=N)N)C(=O)N[C@@H](CCCNC(=N)N)C(N)=O)C2OC2O1. The number of carbonyl (C=O) groups excluding carboxylic acids is 15. The molecule has 0 spiro atoms. The van der Waals surface area contributed by atoms with Gasteiger partial charge in [-0.05, 0) is 128 Å². The molecule has 802 valence electrons. The molecule has 2 aliphatic heterocycles. The number of epoxide rings is 1. The first-order chi connectivity index (χ1) is 68.7. The number of fused-ring (bicyclic) bond motifs is 4. The van der Waals surface area contributed by atoms with Gasteiger partial charge in [-0.1, -0.05) is 12.1 Å². The Morgan fingerprint density at radius 2 is 0.759 bits per heavy atom. The zero-order valence-corrected chi connectivity index (χ0v) is 80.6. The third-order valence-electron chi connectivity index (χ3n) is 23.5. The molecular weight excluding hydrogens is 1910 g/mol. The number of nitrogens with two attached hydrogens (primary N) is 9. The molecule has 2 saturated heterocycles. The number of phenols is 2. The van der Waals surface area contributed by atoms with Gasteiger partial charge >= 0.3 is 0 Å². The number of methoxy groups -OCH3 is 1. The van der Waals surface area contributed by atoms with Crippen LogP contribution >= 0.6 is 0 Å². The average molecular weight is 2050 g/mol. The Morgan fingerprint density at radius 1 is 0.421 bits per heavy atom. The number of rotatable bonds is 64. The first kappa shape index (κ1) is 118. The van der Waals surface area contributed by atoms with E-state index in [-0.39, 0.29) is 227 Å². The molecule has 4 aliphatic rings. The van der Waals surface area contributed by atoms with Gasteiger partial charge < -0.3 is 192 Å². The highest BCUT2D eigenvalue weighted by atomic mass is 16.8. The number of Topliss-reactive ketones (excluding diaryl/α,β-unsaturated/α-hetero) is 1. The molecule has 0 aromatic heterocycles. The summed E-state index contributed by atoms with van der Waals surface area (Å²) in [6.45, 7) is -0.260. The van der Waals surface area contributed by atoms with E-state index in [1.807, 2.05) is 0 Å². The topological polar surface area (TPSA) is 1030 Å². The highest BCUT2D eigenvalue weighted by Gasteiger charge is 2.56. The third-order valence-corrected chi connectivity index (χ3v) is 23.5. The molecule has 15 atom stereocenters. The Kier molecular flexibility index (Phi) is 47.9. The van der Waals surface area contributed by atoms with Crippen LogP contribution in [0, 0.1) is 43.3 Å². The van der Waals surface area contributed by atoms with Gasteiger partial charge in [-0.3, -0.25) is 115 Å². The number of amides is 12. The molecule has 2 aromatic rings. The molecule has 59 nitrogen and oxygen atoms in total. The molecule has 59 heteroatoms. The smallest absolute Gasteiger partial charge is 0.243 e. The molecule has 0 radical (unpaired) electrons. The van der Waals surface area contributed by atoms with Gasteiger partial charge in [0.15, 0.2) is 71.8 Å². The van der Waals surface area contributed by atoms with E-state index < -0.39 is 270 Å². The van der Waals surface area contributed by atoms with E-state index in [1.165, 1.54) is 25.3 Å². The molecule has 0 saturated carbocycles. The van der Waals surface area contributed by atoms with Crippen LogP contribution in [0.15, 0.2) is 18.2 Å². The number of ether oxygens (including phenoxy) is 4. The highest BCUT2D eigenvalue weighted by Crippen LogP contribution is 2.53. The van der Waals surface area contributed by atoms with Gasteiger partial charge in [0, 0.05) is 115 Å². The lowest BCUT2D eigenvalue weighted by atomic mass is 9.72. The van der Waals surface area contributed by atoms with E-state index in [9.17, 15) is 78.0 Å². The number of primary amides is 1. The number of carbonyl (C=O) groups is 15. The number of phenolic OH excluding ortho intramolecular Hbond substituents is 2. The van der Waals surface area contributed by atoms with Crippen molar-refractivity contribution in [1.29, 1.82) is 43.3 Å². The summed E-state index contributed by atoms with van der Waals surface area (Å²) in [5, 5.41) is 157. The predicted octanol–water partition coefficient (Wildman–Crippen LogP) is -10.8. The summed E-state index contributed by atoms with van der Waals surface area (Å²) in [6, 6.07) is -10.3. The van der Waals surface area contributed by atoms with Crippen LogP contribution in [-0.2, 0) is 83.0 Å². The summed E-state index contributed by atoms with van der Waals surface area (Å²) in [5.74, 6) is -19.0. The van der Waals surface area contributed by atoms with Crippen LogP contribution < -0.4 is 157 Å². The fraction of sp³-hybridized carbons (Fsp3) is 0.593. The number of hydrogen-bond acceptors (Lipinski definition) is 31. The number of nitrogens with one attached hydrogen (secondary N) is 27. The molecule has 2 aliphatic carbocycles. The lowest BCUT2D eigenvalue weighted by Crippen LogP contribution is -2.60. The van der Waals surface area contributed by atoms with Crippen molar-refractivity contribution in [3.05, 3.63) is 51.6 Å². The lowest BCUT2D eigenvalue weighted by molar-refractivity contribution is -0.216. The van der Waals surface area contributed by atoms with Gasteiger partial charge in [-0.15, -0.1) is 0 Å². The Bertz CT molecular complexity index is 5030. The minimum absolute atomic E-state index is 0.00125. The first-order valence-corrected chi connectivity index (χ1v) is 47.1. The molecule has 0 bridgehead atoms. The van der Waals surface area contributed by atoms with Crippen LogP contribution in [0.4, 0.5) is 0 Å². The summed E-state index contributed by atoms with van der Waals surface area (Å²) in [6.07, 6.45) is -9.10. The minimum atomic E-state index is -2.50. The van der Waals surface area contributed by atoms with Crippen LogP contribution in [-0.4, -0.2) is 314 Å². The predicted molar refractivity (Wildman–Crippen MR) is 520 cm³/mol. The summed E-state index contributed by atoms with van der Waals surface area (Å²) in [4.78, 5) is 213. The minimum Gasteiger partial charge on any atom is -0.507 e. The van der Waals surface area contributed by atoms with Crippen LogP contribution in [0.5, 0.6) is 17.2 Å². The van der Waals surface area contributed by atoms with Gasteiger partial charge in [0.05, 0.1) is 35.9 Å². The normalized spacial score (nSPS) is 17.9. The number of unbranched alkanes of at least 4 members (excludes halogenated alkanes) is 1. The lowest BCUT2D eigenvalue weighted by Gasteiger charge is -2.40. The van der Waals surface area contributed by atoms with Crippen LogP contribution in [0.2, 0.25) is 0 Å². The highest BCUT2D eigenvalue weighted by molar-refractivity contribution is 6.31. The molecule has 2 aromatic carbocycles. The molecule has 7 unspecified atom stereocenters. The molecule has 49 N–H and O–H groups in total. The summed E-state index contributed by atoms with van der Waals surface area (Å²) >= 11 is 0. The van der Waals surface area contributed by atoms with E-state index in [4.69, 9.17) is 114 Å². The second-order valence-corrected chi connectivity index (χ2v) is 34.8. The molecule has 12 amide bonds. The number of ketones is 3. The Labute approximate surface area is 833 Å². The molecule has 2 fully saturated rings. The number of benzene rings is 2. The monoisotopic (exact) mass is 2050 g/mol. The molecule has 2 heterocycles. The Hall–Kier alpha value is -15.5. The van der Waals surface area contributed by atoms with Crippen molar-refractivity contribution in [2.45, 2.75) is 252 Å². The van der Waals surface area contributed by atoms with Gasteiger partial charge in [0.1, 0.15) is 89.9 Å². The number of aliphatic hydroxyl groups is 2.